The van der Waals surface area contributed by atoms with E-state index in [2.05, 4.69) is 28.2 Å². The van der Waals surface area contributed by atoms with E-state index in [4.69, 9.17) is 16.6 Å². The average Bonchev–Trinajstić information content (AvgIpc) is 3.30. The molecule has 3 atom stereocenters. The molecular weight excluding hydrogens is 618 g/mol. The van der Waals surface area contributed by atoms with Gasteiger partial charge in [0.15, 0.2) is 0 Å². The highest BCUT2D eigenvalue weighted by atomic mass is 35.5. The highest BCUT2D eigenvalue weighted by molar-refractivity contribution is 7.99. The third-order valence-electron chi connectivity index (χ3n) is 10.00. The van der Waals surface area contributed by atoms with Crippen LogP contribution < -0.4 is 10.6 Å². The van der Waals surface area contributed by atoms with Crippen molar-refractivity contribution in [3.8, 4) is 11.1 Å². The maximum atomic E-state index is 15.4. The summed E-state index contributed by atoms with van der Waals surface area (Å²) in [6.07, 6.45) is 3.15. The van der Waals surface area contributed by atoms with Crippen LogP contribution in [0, 0.1) is 18.6 Å². The molecule has 4 aliphatic rings. The van der Waals surface area contributed by atoms with Crippen molar-refractivity contribution in [1.82, 2.24) is 24.3 Å². The molecule has 45 heavy (non-hydrogen) atoms. The number of carbonyl (C=O) groups is 1. The number of anilines is 1. The van der Waals surface area contributed by atoms with Crippen LogP contribution in [0.25, 0.3) is 22.0 Å². The molecule has 8 nitrogen and oxygen atoms in total. The van der Waals surface area contributed by atoms with Crippen LogP contribution >= 0.6 is 23.4 Å². The fourth-order valence-corrected chi connectivity index (χ4v) is 9.31. The van der Waals surface area contributed by atoms with Crippen LogP contribution in [0.5, 0.6) is 0 Å². The molecule has 1 aromatic heterocycles. The van der Waals surface area contributed by atoms with Crippen LogP contribution in [0.2, 0.25) is 5.02 Å². The van der Waals surface area contributed by atoms with E-state index in [0.717, 1.165) is 73.0 Å². The number of hydrogen-bond acceptors (Lipinski definition) is 7. The average molecular weight is 655 g/mol. The third kappa shape index (κ3) is 5.25. The van der Waals surface area contributed by atoms with Crippen molar-refractivity contribution in [3.63, 3.8) is 0 Å². The zero-order valence-corrected chi connectivity index (χ0v) is 27.1. The second kappa shape index (κ2) is 12.0. The zero-order valence-electron chi connectivity index (χ0n) is 25.6. The highest BCUT2D eigenvalue weighted by Gasteiger charge is 2.43. The van der Waals surface area contributed by atoms with Crippen molar-refractivity contribution in [2.24, 2.45) is 0 Å². The Hall–Kier alpha value is -2.99. The van der Waals surface area contributed by atoms with Crippen LogP contribution in [0.1, 0.15) is 31.4 Å². The highest BCUT2D eigenvalue weighted by Crippen LogP contribution is 2.47. The minimum atomic E-state index is -0.812. The van der Waals surface area contributed by atoms with E-state index in [9.17, 15) is 14.0 Å². The lowest BCUT2D eigenvalue weighted by molar-refractivity contribution is -0.129. The van der Waals surface area contributed by atoms with Crippen LogP contribution in [0.4, 0.5) is 14.6 Å². The maximum absolute atomic E-state index is 15.4. The van der Waals surface area contributed by atoms with E-state index in [1.165, 1.54) is 12.1 Å². The van der Waals surface area contributed by atoms with Gasteiger partial charge in [-0.3, -0.25) is 14.3 Å². The quantitative estimate of drug-likeness (QED) is 0.275. The topological polar surface area (TPSA) is 64.9 Å². The monoisotopic (exact) mass is 654 g/mol. The van der Waals surface area contributed by atoms with Crippen molar-refractivity contribution in [3.05, 3.63) is 63.6 Å². The Kier molecular flexibility index (Phi) is 8.16. The van der Waals surface area contributed by atoms with Gasteiger partial charge in [-0.25, -0.2) is 13.6 Å². The summed E-state index contributed by atoms with van der Waals surface area (Å²) < 4.78 is 31.4. The van der Waals surface area contributed by atoms with Gasteiger partial charge in [-0.05, 0) is 50.1 Å². The van der Waals surface area contributed by atoms with Gasteiger partial charge in [0.05, 0.1) is 16.6 Å². The van der Waals surface area contributed by atoms with E-state index in [1.54, 1.807) is 11.8 Å². The third-order valence-corrected chi connectivity index (χ3v) is 11.5. The van der Waals surface area contributed by atoms with Gasteiger partial charge in [-0.15, -0.1) is 11.8 Å². The molecule has 7 rings (SSSR count). The molecule has 0 radical (unpaired) electrons. The van der Waals surface area contributed by atoms with Gasteiger partial charge in [-0.1, -0.05) is 25.1 Å². The molecule has 4 aliphatic heterocycles. The number of halogens is 3. The number of aromatic nitrogens is 2. The zero-order chi connectivity index (χ0) is 31.6. The number of nitrogens with zero attached hydrogens (tertiary/aromatic N) is 6. The van der Waals surface area contributed by atoms with Crippen molar-refractivity contribution < 1.29 is 13.6 Å². The standard InChI is InChI=1S/C33H37ClF2N6O2S/c1-4-28(43)41-20-6-7-21(41)17-40(16-20)32-24-12-19(3)29(23-13-25(34)27(36)14-26(23)35)31-30(24)42(33(44)37-32)22(18-45-31)15-39-10-8-38(5-2)9-11-39/h4,12-14,20-22H,1,5-11,15-18H2,2-3H3/t20?,21?,22-/m0/s1. The molecule has 2 aromatic carbocycles. The summed E-state index contributed by atoms with van der Waals surface area (Å²) in [6, 6.07) is 4.05. The Bertz CT molecular complexity index is 1750. The normalized spacial score (nSPS) is 23.6. The molecule has 0 N–H and O–H groups in total. The number of likely N-dealkylation sites (N-methyl/N-ethyl adjacent to an activating group) is 1. The van der Waals surface area contributed by atoms with Gasteiger partial charge in [0.1, 0.15) is 17.5 Å². The number of rotatable bonds is 6. The minimum absolute atomic E-state index is 0.0145. The van der Waals surface area contributed by atoms with Crippen molar-refractivity contribution in [2.75, 3.05) is 63.0 Å². The SMILES string of the molecule is C=CC(=O)N1C2CCC1CN(c1nc(=O)n3c4c(c(-c5cc(Cl)c(F)cc5F)c(C)cc14)SC[C@@H]3CN1CCN(CC)CC1)C2. The number of carbonyl (C=O) groups excluding carboxylic acids is 1. The van der Waals surface area contributed by atoms with Gasteiger partial charge in [0, 0.05) is 91.1 Å². The second-order valence-corrected chi connectivity index (χ2v) is 14.0. The molecule has 238 valence electrons. The van der Waals surface area contributed by atoms with Gasteiger partial charge < -0.3 is 14.7 Å². The molecule has 3 fully saturated rings. The summed E-state index contributed by atoms with van der Waals surface area (Å²) in [4.78, 5) is 41.2. The first-order chi connectivity index (χ1) is 21.7. The van der Waals surface area contributed by atoms with Gasteiger partial charge in [0.25, 0.3) is 0 Å². The smallest absolute Gasteiger partial charge is 0.350 e. The molecule has 3 saturated heterocycles. The number of hydrogen-bond donors (Lipinski definition) is 0. The van der Waals surface area contributed by atoms with E-state index < -0.39 is 11.6 Å². The fraction of sp³-hybridized carbons (Fsp3) is 0.485. The Labute approximate surface area is 270 Å². The summed E-state index contributed by atoms with van der Waals surface area (Å²) in [5.41, 5.74) is 2.02. The number of fused-ring (bicyclic) bond motifs is 2. The molecule has 0 saturated carbocycles. The molecule has 0 spiro atoms. The van der Waals surface area contributed by atoms with Gasteiger partial charge in [0.2, 0.25) is 5.91 Å². The van der Waals surface area contributed by atoms with Gasteiger partial charge in [-0.2, -0.15) is 4.98 Å². The van der Waals surface area contributed by atoms with Crippen LogP contribution in [-0.2, 0) is 4.79 Å². The minimum Gasteiger partial charge on any atom is -0.352 e. The lowest BCUT2D eigenvalue weighted by atomic mass is 9.96. The molecule has 3 aromatic rings. The Morgan fingerprint density at radius 2 is 1.78 bits per heavy atom. The maximum Gasteiger partial charge on any atom is 0.350 e. The summed E-state index contributed by atoms with van der Waals surface area (Å²) in [5, 5.41) is 0.675. The van der Waals surface area contributed by atoms with Crippen LogP contribution in [0.15, 0.2) is 40.5 Å². The molecule has 2 bridgehead atoms. The second-order valence-electron chi connectivity index (χ2n) is 12.6. The first-order valence-electron chi connectivity index (χ1n) is 15.7. The number of amides is 1. The fourth-order valence-electron chi connectivity index (χ4n) is 7.77. The largest absolute Gasteiger partial charge is 0.352 e. The predicted molar refractivity (Wildman–Crippen MR) is 175 cm³/mol. The molecule has 1 amide bonds. The van der Waals surface area contributed by atoms with Crippen LogP contribution in [0.3, 0.4) is 0 Å². The van der Waals surface area contributed by atoms with E-state index in [1.807, 2.05) is 22.5 Å². The first-order valence-corrected chi connectivity index (χ1v) is 17.1. The number of thioether (sulfide) groups is 1. The summed E-state index contributed by atoms with van der Waals surface area (Å²) in [7, 11) is 0. The Balaban J connectivity index is 1.37. The molecule has 12 heteroatoms. The lowest BCUT2D eigenvalue weighted by Gasteiger charge is -2.42. The summed E-state index contributed by atoms with van der Waals surface area (Å²) in [5.74, 6) is -0.356. The van der Waals surface area contributed by atoms with Crippen molar-refractivity contribution >= 4 is 46.0 Å². The molecule has 5 heterocycles. The number of benzene rings is 2. The Morgan fingerprint density at radius 3 is 2.44 bits per heavy atom. The summed E-state index contributed by atoms with van der Waals surface area (Å²) in [6.45, 7) is 14.5. The van der Waals surface area contributed by atoms with E-state index in [-0.39, 0.29) is 40.3 Å². The predicted octanol–water partition coefficient (Wildman–Crippen LogP) is 4.95. The van der Waals surface area contributed by atoms with Crippen molar-refractivity contribution in [1.29, 1.82) is 0 Å². The first kappa shape index (κ1) is 30.7. The Morgan fingerprint density at radius 1 is 1.09 bits per heavy atom. The van der Waals surface area contributed by atoms with E-state index >= 15 is 4.39 Å². The van der Waals surface area contributed by atoms with Crippen molar-refractivity contribution in [2.45, 2.75) is 49.7 Å². The number of aryl methyl sites for hydroxylation is 1. The summed E-state index contributed by atoms with van der Waals surface area (Å²) >= 11 is 7.78. The molecule has 0 aliphatic carbocycles. The van der Waals surface area contributed by atoms with Crippen LogP contribution in [-0.4, -0.2) is 100 Å². The number of piperazine rings is 2. The lowest BCUT2D eigenvalue weighted by Crippen LogP contribution is -2.56. The molecular formula is C33H37ClF2N6O2S. The molecule has 2 unspecified atom stereocenters. The van der Waals surface area contributed by atoms with Gasteiger partial charge >= 0.3 is 5.69 Å². The van der Waals surface area contributed by atoms with E-state index in [0.29, 0.717) is 36.8 Å².